The minimum Gasteiger partial charge on any atom is -0.395 e. The van der Waals surface area contributed by atoms with E-state index in [1.807, 2.05) is 37.3 Å². The van der Waals surface area contributed by atoms with Crippen LogP contribution in [-0.2, 0) is 0 Å². The van der Waals surface area contributed by atoms with Crippen LogP contribution < -0.4 is 0 Å². The number of para-hydroxylation sites is 1. The van der Waals surface area contributed by atoms with Crippen molar-refractivity contribution in [3.8, 4) is 5.69 Å². The van der Waals surface area contributed by atoms with E-state index in [0.717, 1.165) is 5.69 Å². The maximum Gasteiger partial charge on any atom is 0.258 e. The Morgan fingerprint density at radius 2 is 2.05 bits per heavy atom. The van der Waals surface area contributed by atoms with E-state index in [4.69, 9.17) is 16.7 Å². The van der Waals surface area contributed by atoms with E-state index in [2.05, 4.69) is 5.10 Å². The summed E-state index contributed by atoms with van der Waals surface area (Å²) in [7, 11) is 0. The van der Waals surface area contributed by atoms with Crippen molar-refractivity contribution in [2.45, 2.75) is 13.8 Å². The third-order valence-corrected chi connectivity index (χ3v) is 3.61. The first-order valence-corrected chi connectivity index (χ1v) is 7.18. The lowest BCUT2D eigenvalue weighted by Gasteiger charge is -2.19. The molecule has 0 bridgehead atoms. The van der Waals surface area contributed by atoms with Gasteiger partial charge >= 0.3 is 0 Å². The minimum absolute atomic E-state index is 0.0803. The van der Waals surface area contributed by atoms with E-state index in [1.54, 1.807) is 16.5 Å². The maximum atomic E-state index is 12.5. The second kappa shape index (κ2) is 6.74. The number of halogens is 1. The Labute approximate surface area is 128 Å². The standard InChI is InChI=1S/C15H18ClN3O2/c1-3-18(9-10-20)15(21)13-11(2)17-19(14(13)16)12-7-5-4-6-8-12/h4-8,20H,3,9-10H2,1-2H3. The number of hydrogen-bond donors (Lipinski definition) is 1. The van der Waals surface area contributed by atoms with E-state index in [-0.39, 0.29) is 19.1 Å². The fraction of sp³-hybridized carbons (Fsp3) is 0.333. The van der Waals surface area contributed by atoms with Crippen molar-refractivity contribution in [2.24, 2.45) is 0 Å². The normalized spacial score (nSPS) is 10.7. The summed E-state index contributed by atoms with van der Waals surface area (Å²) in [5.41, 5.74) is 1.76. The number of aliphatic hydroxyl groups excluding tert-OH is 1. The molecule has 0 spiro atoms. The highest BCUT2D eigenvalue weighted by Crippen LogP contribution is 2.24. The fourth-order valence-electron chi connectivity index (χ4n) is 2.16. The Balaban J connectivity index is 2.42. The lowest BCUT2D eigenvalue weighted by molar-refractivity contribution is 0.0731. The molecule has 0 radical (unpaired) electrons. The van der Waals surface area contributed by atoms with Gasteiger partial charge in [0, 0.05) is 13.1 Å². The molecule has 5 nitrogen and oxygen atoms in total. The SMILES string of the molecule is CCN(CCO)C(=O)c1c(C)nn(-c2ccccc2)c1Cl. The summed E-state index contributed by atoms with van der Waals surface area (Å²) >= 11 is 6.35. The zero-order valence-electron chi connectivity index (χ0n) is 12.1. The number of likely N-dealkylation sites (N-methyl/N-ethyl adjacent to an activating group) is 1. The van der Waals surface area contributed by atoms with Gasteiger partial charge in [0.15, 0.2) is 0 Å². The number of carbonyl (C=O) groups is 1. The Morgan fingerprint density at radius 3 is 2.62 bits per heavy atom. The third-order valence-electron chi connectivity index (χ3n) is 3.26. The van der Waals surface area contributed by atoms with Crippen molar-refractivity contribution < 1.29 is 9.90 Å². The van der Waals surface area contributed by atoms with Crippen LogP contribution in [0.5, 0.6) is 0 Å². The third kappa shape index (κ3) is 3.09. The molecular formula is C15H18ClN3O2. The Kier molecular flexibility index (Phi) is 4.98. The van der Waals surface area contributed by atoms with Crippen molar-refractivity contribution in [1.82, 2.24) is 14.7 Å². The molecule has 1 aromatic heterocycles. The predicted molar refractivity (Wildman–Crippen MR) is 82.0 cm³/mol. The van der Waals surface area contributed by atoms with Crippen LogP contribution in [0.3, 0.4) is 0 Å². The number of benzene rings is 1. The number of carbonyl (C=O) groups excluding carboxylic acids is 1. The molecular weight excluding hydrogens is 290 g/mol. The highest BCUT2D eigenvalue weighted by atomic mass is 35.5. The summed E-state index contributed by atoms with van der Waals surface area (Å²) in [5, 5.41) is 13.7. The van der Waals surface area contributed by atoms with Crippen molar-refractivity contribution in [3.63, 3.8) is 0 Å². The average molecular weight is 308 g/mol. The van der Waals surface area contributed by atoms with Crippen molar-refractivity contribution in [3.05, 3.63) is 46.7 Å². The molecule has 1 amide bonds. The minimum atomic E-state index is -0.212. The monoisotopic (exact) mass is 307 g/mol. The second-order valence-electron chi connectivity index (χ2n) is 4.61. The van der Waals surface area contributed by atoms with Crippen LogP contribution in [0, 0.1) is 6.92 Å². The Bertz CT molecular complexity index is 625. The molecule has 0 aliphatic carbocycles. The summed E-state index contributed by atoms with van der Waals surface area (Å²) < 4.78 is 1.55. The first kappa shape index (κ1) is 15.5. The van der Waals surface area contributed by atoms with E-state index in [1.165, 1.54) is 0 Å². The molecule has 0 atom stereocenters. The van der Waals surface area contributed by atoms with Gasteiger partial charge in [-0.1, -0.05) is 29.8 Å². The number of aryl methyl sites for hydroxylation is 1. The zero-order valence-corrected chi connectivity index (χ0v) is 12.8. The van der Waals surface area contributed by atoms with Gasteiger partial charge in [-0.2, -0.15) is 5.10 Å². The molecule has 0 aliphatic heterocycles. The van der Waals surface area contributed by atoms with E-state index < -0.39 is 0 Å². The second-order valence-corrected chi connectivity index (χ2v) is 4.97. The van der Waals surface area contributed by atoms with Crippen molar-refractivity contribution >= 4 is 17.5 Å². The van der Waals surface area contributed by atoms with Crippen molar-refractivity contribution in [1.29, 1.82) is 0 Å². The van der Waals surface area contributed by atoms with Gasteiger partial charge in [0.2, 0.25) is 0 Å². The quantitative estimate of drug-likeness (QED) is 0.922. The van der Waals surface area contributed by atoms with Gasteiger partial charge in [-0.3, -0.25) is 4.79 Å². The lowest BCUT2D eigenvalue weighted by Crippen LogP contribution is -2.33. The first-order chi connectivity index (χ1) is 10.1. The smallest absolute Gasteiger partial charge is 0.258 e. The molecule has 0 unspecified atom stereocenters. The van der Waals surface area contributed by atoms with Crippen LogP contribution in [0.15, 0.2) is 30.3 Å². The molecule has 0 fully saturated rings. The van der Waals surface area contributed by atoms with Gasteiger partial charge in [0.25, 0.3) is 5.91 Å². The number of amides is 1. The topological polar surface area (TPSA) is 58.4 Å². The summed E-state index contributed by atoms with van der Waals surface area (Å²) in [5.74, 6) is -0.212. The Hall–Kier alpha value is -1.85. The van der Waals surface area contributed by atoms with E-state index in [9.17, 15) is 4.79 Å². The van der Waals surface area contributed by atoms with Gasteiger partial charge in [-0.15, -0.1) is 0 Å². The molecule has 1 heterocycles. The molecule has 1 aromatic carbocycles. The van der Waals surface area contributed by atoms with Crippen LogP contribution in [0.25, 0.3) is 5.69 Å². The van der Waals surface area contributed by atoms with Gasteiger partial charge in [0.05, 0.1) is 23.6 Å². The van der Waals surface area contributed by atoms with Crippen LogP contribution in [0.4, 0.5) is 0 Å². The molecule has 0 saturated carbocycles. The van der Waals surface area contributed by atoms with Crippen molar-refractivity contribution in [2.75, 3.05) is 19.7 Å². The average Bonchev–Trinajstić information content (AvgIpc) is 2.80. The Morgan fingerprint density at radius 1 is 1.38 bits per heavy atom. The van der Waals surface area contributed by atoms with E-state index in [0.29, 0.717) is 23.0 Å². The largest absolute Gasteiger partial charge is 0.395 e. The highest BCUT2D eigenvalue weighted by Gasteiger charge is 2.24. The lowest BCUT2D eigenvalue weighted by atomic mass is 10.2. The molecule has 0 aliphatic rings. The molecule has 21 heavy (non-hydrogen) atoms. The number of nitrogens with zero attached hydrogens (tertiary/aromatic N) is 3. The maximum absolute atomic E-state index is 12.5. The van der Waals surface area contributed by atoms with Gasteiger partial charge in [-0.05, 0) is 26.0 Å². The van der Waals surface area contributed by atoms with Gasteiger partial charge < -0.3 is 10.0 Å². The summed E-state index contributed by atoms with van der Waals surface area (Å²) in [6.07, 6.45) is 0. The number of rotatable bonds is 5. The number of aromatic nitrogens is 2. The molecule has 6 heteroatoms. The molecule has 0 saturated heterocycles. The van der Waals surface area contributed by atoms with E-state index >= 15 is 0 Å². The zero-order chi connectivity index (χ0) is 15.4. The predicted octanol–water partition coefficient (Wildman–Crippen LogP) is 2.29. The first-order valence-electron chi connectivity index (χ1n) is 6.80. The molecule has 112 valence electrons. The molecule has 2 rings (SSSR count). The van der Waals surface area contributed by atoms with Gasteiger partial charge in [0.1, 0.15) is 5.15 Å². The van der Waals surface area contributed by atoms with Gasteiger partial charge in [-0.25, -0.2) is 4.68 Å². The summed E-state index contributed by atoms with van der Waals surface area (Å²) in [4.78, 5) is 14.1. The van der Waals surface area contributed by atoms with Crippen LogP contribution in [0.2, 0.25) is 5.15 Å². The van der Waals surface area contributed by atoms with Crippen LogP contribution in [-0.4, -0.2) is 45.4 Å². The van der Waals surface area contributed by atoms with Crippen LogP contribution >= 0.6 is 11.6 Å². The fourth-order valence-corrected chi connectivity index (χ4v) is 2.52. The summed E-state index contributed by atoms with van der Waals surface area (Å²) in [6, 6.07) is 9.41. The summed E-state index contributed by atoms with van der Waals surface area (Å²) in [6.45, 7) is 4.32. The molecule has 1 N–H and O–H groups in total. The number of hydrogen-bond acceptors (Lipinski definition) is 3. The highest BCUT2D eigenvalue weighted by molar-refractivity contribution is 6.33. The van der Waals surface area contributed by atoms with Crippen LogP contribution in [0.1, 0.15) is 23.0 Å². The molecule has 2 aromatic rings. The number of aliphatic hydroxyl groups is 1.